The zero-order valence-corrected chi connectivity index (χ0v) is 8.81. The molecule has 0 aliphatic heterocycles. The third-order valence-corrected chi connectivity index (χ3v) is 0. The first kappa shape index (κ1) is 145. The first-order chi connectivity index (χ1) is 2.00. The average Bonchev–Trinajstić information content (AvgIpc) is 0.722. The van der Waals surface area contributed by atoms with Crippen molar-refractivity contribution >= 4 is 10.4 Å². The quantitative estimate of drug-likeness (QED) is 0.249. The van der Waals surface area contributed by atoms with Crippen molar-refractivity contribution in [2.45, 2.75) is 0 Å². The molecule has 0 bridgehead atoms. The fraction of sp³-hybridized carbons (Fsp3) is 0. The summed E-state index contributed by atoms with van der Waals surface area (Å²) in [5.41, 5.74) is 0. The largest absolute Gasteiger partial charge is 0.412 e. The molecule has 0 unspecified atom stereocenters. The molecule has 0 fully saturated rings. The topological polar surface area (TPSA) is 334 Å². The van der Waals surface area contributed by atoms with Crippen LogP contribution in [0.5, 0.6) is 0 Å². The molecule has 104 valence electrons. The molecule has 12 nitrogen and oxygen atoms in total. The van der Waals surface area contributed by atoms with Crippen LogP contribution in [0, 0.1) is 0 Å². The molecule has 0 spiro atoms. The van der Waals surface area contributed by atoms with Crippen molar-refractivity contribution in [3.05, 3.63) is 0 Å². The van der Waals surface area contributed by atoms with E-state index in [9.17, 15) is 0 Å². The minimum Gasteiger partial charge on any atom is -0.412 e. The van der Waals surface area contributed by atoms with E-state index < -0.39 is 10.4 Å². The van der Waals surface area contributed by atoms with Gasteiger partial charge >= 0.3 is 10.4 Å². The van der Waals surface area contributed by atoms with Crippen LogP contribution >= 0.6 is 0 Å². The molecule has 0 aromatic carbocycles. The Bertz CT molecular complexity index is 101. The zero-order chi connectivity index (χ0) is 4.50. The SMILES string of the molecule is N.N.O.O.O.O.O.O.O=S(=O)(O)O.[Fe]. The van der Waals surface area contributed by atoms with Crippen molar-refractivity contribution in [1.82, 2.24) is 12.3 Å². The van der Waals surface area contributed by atoms with Crippen LogP contribution in [0.3, 0.4) is 0 Å². The van der Waals surface area contributed by atoms with Gasteiger partial charge in [-0.1, -0.05) is 0 Å². The van der Waals surface area contributed by atoms with E-state index in [1.54, 1.807) is 0 Å². The molecule has 20 N–H and O–H groups in total. The van der Waals surface area contributed by atoms with Crippen LogP contribution in [0.1, 0.15) is 0 Å². The molecule has 0 rings (SSSR count). The summed E-state index contributed by atoms with van der Waals surface area (Å²) in [7, 11) is -4.67. The predicted octanol–water partition coefficient (Wildman–Crippen LogP) is -5.28. The van der Waals surface area contributed by atoms with Crippen molar-refractivity contribution < 1.29 is 67.4 Å². The van der Waals surface area contributed by atoms with Gasteiger partial charge in [0, 0.05) is 17.1 Å². The summed E-state index contributed by atoms with van der Waals surface area (Å²) >= 11 is 0. The van der Waals surface area contributed by atoms with Crippen LogP contribution in [0.2, 0.25) is 0 Å². The Morgan fingerprint density at radius 3 is 0.643 bits per heavy atom. The molecular formula is H20FeN2O10S. The third-order valence-electron chi connectivity index (χ3n) is 0. The van der Waals surface area contributed by atoms with E-state index in [1.807, 2.05) is 0 Å². The Balaban J connectivity index is -0.00000000222. The number of hydrogen-bond acceptors (Lipinski definition) is 4. The predicted molar refractivity (Wildman–Crippen MR) is 45.9 cm³/mol. The van der Waals surface area contributed by atoms with Crippen LogP contribution in [-0.4, -0.2) is 50.4 Å². The van der Waals surface area contributed by atoms with E-state index in [4.69, 9.17) is 17.5 Å². The average molecular weight is 296 g/mol. The summed E-state index contributed by atoms with van der Waals surface area (Å²) in [4.78, 5) is 0. The summed E-state index contributed by atoms with van der Waals surface area (Å²) < 4.78 is 31.6. The number of rotatable bonds is 0. The van der Waals surface area contributed by atoms with Gasteiger partial charge < -0.3 is 45.2 Å². The van der Waals surface area contributed by atoms with Gasteiger partial charge in [0.05, 0.1) is 0 Å². The molecule has 0 aliphatic carbocycles. The van der Waals surface area contributed by atoms with Crippen molar-refractivity contribution in [1.29, 1.82) is 0 Å². The van der Waals surface area contributed by atoms with E-state index in [-0.39, 0.29) is 62.2 Å². The molecule has 14 heavy (non-hydrogen) atoms. The minimum absolute atomic E-state index is 0. The van der Waals surface area contributed by atoms with Crippen LogP contribution in [-0.2, 0) is 27.5 Å². The van der Waals surface area contributed by atoms with Crippen molar-refractivity contribution in [2.75, 3.05) is 0 Å². The molecule has 0 aromatic heterocycles. The van der Waals surface area contributed by atoms with Gasteiger partial charge in [-0.2, -0.15) is 8.42 Å². The maximum absolute atomic E-state index is 8.74. The van der Waals surface area contributed by atoms with Gasteiger partial charge in [0.2, 0.25) is 0 Å². The van der Waals surface area contributed by atoms with Crippen molar-refractivity contribution in [3.8, 4) is 0 Å². The Hall–Kier alpha value is 0.0695. The van der Waals surface area contributed by atoms with E-state index >= 15 is 0 Å². The second-order valence-electron chi connectivity index (χ2n) is 0.448. The van der Waals surface area contributed by atoms with Crippen molar-refractivity contribution in [2.24, 2.45) is 0 Å². The van der Waals surface area contributed by atoms with E-state index in [0.717, 1.165) is 0 Å². The molecule has 0 amide bonds. The number of hydrogen-bond donors (Lipinski definition) is 4. The Morgan fingerprint density at radius 2 is 0.643 bits per heavy atom. The molecule has 0 saturated carbocycles. The minimum atomic E-state index is -4.67. The van der Waals surface area contributed by atoms with E-state index in [1.165, 1.54) is 0 Å². The van der Waals surface area contributed by atoms with Gasteiger partial charge in [0.1, 0.15) is 0 Å². The molecule has 0 heterocycles. The second kappa shape index (κ2) is 51.7. The molecule has 0 saturated heterocycles. The maximum atomic E-state index is 8.74. The van der Waals surface area contributed by atoms with E-state index in [2.05, 4.69) is 0 Å². The normalized spacial score (nSPS) is 4.14. The first-order valence-electron chi connectivity index (χ1n) is 0.698. The molecule has 0 aromatic rings. The van der Waals surface area contributed by atoms with Gasteiger partial charge in [0.25, 0.3) is 0 Å². The van der Waals surface area contributed by atoms with Gasteiger partial charge in [-0.05, 0) is 0 Å². The van der Waals surface area contributed by atoms with Crippen LogP contribution in [0.4, 0.5) is 0 Å². The summed E-state index contributed by atoms with van der Waals surface area (Å²) in [5.74, 6) is 0. The molecule has 0 radical (unpaired) electrons. The molecular weight excluding hydrogens is 276 g/mol. The smallest absolute Gasteiger partial charge is 0.394 e. The first-order valence-corrected chi connectivity index (χ1v) is 2.10. The monoisotopic (exact) mass is 296 g/mol. The third kappa shape index (κ3) is 306000. The summed E-state index contributed by atoms with van der Waals surface area (Å²) in [5, 5.41) is 0. The Kier molecular flexibility index (Phi) is 536. The van der Waals surface area contributed by atoms with Crippen LogP contribution < -0.4 is 12.3 Å². The fourth-order valence-electron chi connectivity index (χ4n) is 0. The fourth-order valence-corrected chi connectivity index (χ4v) is 0. The molecule has 0 aliphatic rings. The standard InChI is InChI=1S/Fe.2H3N.H2O4S.6H2O/c;;;1-5(2,3)4;;;;;;/h;2*1H3;(H2,1,2,3,4);6*1H2. The van der Waals surface area contributed by atoms with Crippen LogP contribution in [0.15, 0.2) is 0 Å². The van der Waals surface area contributed by atoms with Crippen LogP contribution in [0.25, 0.3) is 0 Å². The summed E-state index contributed by atoms with van der Waals surface area (Å²) in [6.45, 7) is 0. The Labute approximate surface area is 90.8 Å². The molecule has 14 heteroatoms. The molecule has 0 atom stereocenters. The maximum Gasteiger partial charge on any atom is 0.394 e. The zero-order valence-electron chi connectivity index (χ0n) is 6.89. The van der Waals surface area contributed by atoms with Gasteiger partial charge in [-0.15, -0.1) is 0 Å². The van der Waals surface area contributed by atoms with Gasteiger partial charge in [0.15, 0.2) is 0 Å². The van der Waals surface area contributed by atoms with Crippen molar-refractivity contribution in [3.63, 3.8) is 0 Å². The van der Waals surface area contributed by atoms with E-state index in [0.29, 0.717) is 0 Å². The second-order valence-corrected chi connectivity index (χ2v) is 1.34. The Morgan fingerprint density at radius 1 is 0.643 bits per heavy atom. The summed E-state index contributed by atoms with van der Waals surface area (Å²) in [6, 6.07) is 0. The summed E-state index contributed by atoms with van der Waals surface area (Å²) in [6.07, 6.45) is 0. The van der Waals surface area contributed by atoms with Gasteiger partial charge in [-0.25, -0.2) is 0 Å². The van der Waals surface area contributed by atoms with Gasteiger partial charge in [-0.3, -0.25) is 9.11 Å².